The van der Waals surface area contributed by atoms with Gasteiger partial charge in [0.15, 0.2) is 6.29 Å². The van der Waals surface area contributed by atoms with Gasteiger partial charge in [-0.25, -0.2) is 4.79 Å². The summed E-state index contributed by atoms with van der Waals surface area (Å²) in [6.45, 7) is 6.01. The molecule has 0 bridgehead atoms. The van der Waals surface area contributed by atoms with Crippen LogP contribution >= 0.6 is 0 Å². The first-order valence-corrected chi connectivity index (χ1v) is 8.08. The molecule has 5 N–H and O–H groups in total. The van der Waals surface area contributed by atoms with Gasteiger partial charge in [0.05, 0.1) is 6.61 Å². The van der Waals surface area contributed by atoms with E-state index in [1.54, 1.807) is 27.7 Å². The lowest BCUT2D eigenvalue weighted by atomic mass is 9.97. The van der Waals surface area contributed by atoms with E-state index in [0.717, 1.165) is 4.90 Å². The number of hydrogen-bond donors (Lipinski definition) is 5. The van der Waals surface area contributed by atoms with Crippen LogP contribution in [-0.4, -0.2) is 93.3 Å². The number of hydrogen-bond acceptors (Lipinski definition) is 8. The monoisotopic (exact) mass is 364 g/mol. The van der Waals surface area contributed by atoms with Gasteiger partial charge in [0, 0.05) is 6.54 Å². The van der Waals surface area contributed by atoms with Crippen molar-refractivity contribution in [1.29, 1.82) is 0 Å². The molecule has 0 saturated carbocycles. The Balaban J connectivity index is 2.66. The Morgan fingerprint density at radius 2 is 1.80 bits per heavy atom. The lowest BCUT2D eigenvalue weighted by molar-refractivity contribution is -0.253. The second-order valence-electron chi connectivity index (χ2n) is 6.82. The summed E-state index contributed by atoms with van der Waals surface area (Å²) >= 11 is 0. The van der Waals surface area contributed by atoms with Crippen molar-refractivity contribution in [3.8, 4) is 0 Å². The van der Waals surface area contributed by atoms with Crippen LogP contribution in [-0.2, 0) is 14.3 Å². The fraction of sp³-hybridized carbons (Fsp3) is 0.867. The van der Waals surface area contributed by atoms with E-state index in [1.165, 1.54) is 0 Å². The number of likely N-dealkylation sites (N-methyl/N-ethyl adjacent to an activating group) is 1. The van der Waals surface area contributed by atoms with E-state index in [2.05, 4.69) is 5.32 Å². The van der Waals surface area contributed by atoms with Gasteiger partial charge in [-0.2, -0.15) is 0 Å². The number of rotatable bonds is 5. The Hall–Kier alpha value is -1.46. The number of nitrogens with one attached hydrogen (secondary N) is 1. The van der Waals surface area contributed by atoms with E-state index >= 15 is 0 Å². The second kappa shape index (κ2) is 8.77. The predicted molar refractivity (Wildman–Crippen MR) is 85.4 cm³/mol. The summed E-state index contributed by atoms with van der Waals surface area (Å²) in [6.07, 6.45) is -6.47. The van der Waals surface area contributed by atoms with E-state index in [-0.39, 0.29) is 13.1 Å². The molecule has 1 aliphatic rings. The van der Waals surface area contributed by atoms with Gasteiger partial charge in [0.1, 0.15) is 36.5 Å². The highest BCUT2D eigenvalue weighted by molar-refractivity contribution is 5.82. The minimum absolute atomic E-state index is 0.212. The molecule has 25 heavy (non-hydrogen) atoms. The van der Waals surface area contributed by atoms with E-state index in [4.69, 9.17) is 14.6 Å². The third-order valence-electron chi connectivity index (χ3n) is 3.60. The van der Waals surface area contributed by atoms with Gasteiger partial charge < -0.3 is 35.2 Å². The Kier molecular flexibility index (Phi) is 7.57. The molecule has 10 heteroatoms. The fourth-order valence-electron chi connectivity index (χ4n) is 2.29. The third kappa shape index (κ3) is 6.08. The van der Waals surface area contributed by atoms with Gasteiger partial charge in [-0.15, -0.1) is 0 Å². The van der Waals surface area contributed by atoms with Crippen molar-refractivity contribution in [2.24, 2.45) is 0 Å². The van der Waals surface area contributed by atoms with E-state index in [9.17, 15) is 24.9 Å². The molecule has 1 rings (SSSR count). The van der Waals surface area contributed by atoms with Crippen LogP contribution in [0.3, 0.4) is 0 Å². The van der Waals surface area contributed by atoms with Crippen molar-refractivity contribution in [1.82, 2.24) is 10.2 Å². The molecule has 2 unspecified atom stereocenters. The lowest BCUT2D eigenvalue weighted by Gasteiger charge is -2.40. The highest BCUT2D eigenvalue weighted by Crippen LogP contribution is 2.19. The molecule has 0 aromatic rings. The molecule has 10 nitrogen and oxygen atoms in total. The predicted octanol–water partition coefficient (Wildman–Crippen LogP) is -1.84. The summed E-state index contributed by atoms with van der Waals surface area (Å²) in [5, 5.41) is 41.0. The van der Waals surface area contributed by atoms with Crippen LogP contribution in [0.4, 0.5) is 4.79 Å². The number of ether oxygens (including phenoxy) is 2. The Bertz CT molecular complexity index is 467. The van der Waals surface area contributed by atoms with Gasteiger partial charge in [-0.05, 0) is 27.7 Å². The van der Waals surface area contributed by atoms with Gasteiger partial charge in [-0.3, -0.25) is 9.69 Å². The zero-order chi connectivity index (χ0) is 19.4. The minimum Gasteiger partial charge on any atom is -0.444 e. The largest absolute Gasteiger partial charge is 0.444 e. The Labute approximate surface area is 146 Å². The zero-order valence-corrected chi connectivity index (χ0v) is 14.9. The average Bonchev–Trinajstić information content (AvgIpc) is 2.50. The number of nitrogens with zero attached hydrogens (tertiary/aromatic N) is 1. The molecular weight excluding hydrogens is 336 g/mol. The van der Waals surface area contributed by atoms with E-state index in [1.807, 2.05) is 0 Å². The normalized spacial score (nSPS) is 29.8. The van der Waals surface area contributed by atoms with Gasteiger partial charge >= 0.3 is 6.09 Å². The second-order valence-corrected chi connectivity index (χ2v) is 6.82. The molecular formula is C15H28N2O8. The number of carbonyl (C=O) groups excluding carboxylic acids is 2. The molecule has 0 spiro atoms. The number of aliphatic hydroxyl groups excluding tert-OH is 4. The van der Waals surface area contributed by atoms with Crippen LogP contribution in [0, 0.1) is 0 Å². The van der Waals surface area contributed by atoms with Crippen molar-refractivity contribution < 1.29 is 39.5 Å². The fourth-order valence-corrected chi connectivity index (χ4v) is 2.29. The highest BCUT2D eigenvalue weighted by Gasteiger charge is 2.44. The van der Waals surface area contributed by atoms with Crippen molar-refractivity contribution in [2.45, 2.75) is 63.9 Å². The SMILES string of the molecule is CCN(CC(=O)NC1[C@H](O)OC(CO)[C@@H](O)[C@@H]1O)C(=O)OC(C)(C)C. The van der Waals surface area contributed by atoms with E-state index in [0.29, 0.717) is 0 Å². The summed E-state index contributed by atoms with van der Waals surface area (Å²) in [5.74, 6) is -0.672. The maximum absolute atomic E-state index is 12.1. The lowest BCUT2D eigenvalue weighted by Crippen LogP contribution is -2.64. The Morgan fingerprint density at radius 1 is 1.20 bits per heavy atom. The van der Waals surface area contributed by atoms with Gasteiger partial charge in [-0.1, -0.05) is 0 Å². The van der Waals surface area contributed by atoms with E-state index < -0.39 is 54.9 Å². The van der Waals surface area contributed by atoms with Crippen molar-refractivity contribution >= 4 is 12.0 Å². The molecule has 1 heterocycles. The first-order chi connectivity index (χ1) is 11.5. The number of amides is 2. The quantitative estimate of drug-likeness (QED) is 0.382. The summed E-state index contributed by atoms with van der Waals surface area (Å²) in [7, 11) is 0. The molecule has 146 valence electrons. The summed E-state index contributed by atoms with van der Waals surface area (Å²) in [6, 6.07) is -1.30. The van der Waals surface area contributed by atoms with Crippen molar-refractivity contribution in [3.63, 3.8) is 0 Å². The van der Waals surface area contributed by atoms with Crippen LogP contribution in [0.2, 0.25) is 0 Å². The molecule has 0 aromatic carbocycles. The maximum Gasteiger partial charge on any atom is 0.410 e. The topological polar surface area (TPSA) is 149 Å². The van der Waals surface area contributed by atoms with Crippen molar-refractivity contribution in [3.05, 3.63) is 0 Å². The van der Waals surface area contributed by atoms with Crippen LogP contribution in [0.5, 0.6) is 0 Å². The molecule has 2 amide bonds. The number of aliphatic hydroxyl groups is 4. The van der Waals surface area contributed by atoms with Crippen LogP contribution in [0.15, 0.2) is 0 Å². The van der Waals surface area contributed by atoms with Crippen LogP contribution in [0.1, 0.15) is 27.7 Å². The van der Waals surface area contributed by atoms with Gasteiger partial charge in [0.25, 0.3) is 0 Å². The zero-order valence-electron chi connectivity index (χ0n) is 14.9. The summed E-state index contributed by atoms with van der Waals surface area (Å²) in [4.78, 5) is 25.3. The minimum atomic E-state index is -1.61. The average molecular weight is 364 g/mol. The standard InChI is InChI=1S/C15H28N2O8/c1-5-17(14(23)25-15(2,3)4)6-9(19)16-10-12(21)11(20)8(7-18)24-13(10)22/h8,10-13,18,20-22H,5-7H2,1-4H3,(H,16,19)/t8?,10?,11-,12-,13-/m1/s1. The first kappa shape index (κ1) is 21.6. The molecule has 0 radical (unpaired) electrons. The smallest absolute Gasteiger partial charge is 0.410 e. The summed E-state index contributed by atoms with van der Waals surface area (Å²) in [5.41, 5.74) is -0.714. The Morgan fingerprint density at radius 3 is 2.28 bits per heavy atom. The molecule has 0 aliphatic carbocycles. The first-order valence-electron chi connectivity index (χ1n) is 8.08. The maximum atomic E-state index is 12.1. The molecule has 1 saturated heterocycles. The molecule has 1 fully saturated rings. The number of carbonyl (C=O) groups is 2. The molecule has 1 aliphatic heterocycles. The molecule has 5 atom stereocenters. The highest BCUT2D eigenvalue weighted by atomic mass is 16.6. The molecule has 0 aromatic heterocycles. The van der Waals surface area contributed by atoms with Crippen LogP contribution in [0.25, 0.3) is 0 Å². The van der Waals surface area contributed by atoms with Crippen LogP contribution < -0.4 is 5.32 Å². The van der Waals surface area contributed by atoms with Gasteiger partial charge in [0.2, 0.25) is 5.91 Å². The van der Waals surface area contributed by atoms with Crippen molar-refractivity contribution in [2.75, 3.05) is 19.7 Å². The third-order valence-corrected chi connectivity index (χ3v) is 3.60. The summed E-state index contributed by atoms with van der Waals surface area (Å²) < 4.78 is 10.1.